The Balaban J connectivity index is 1.40. The predicted octanol–water partition coefficient (Wildman–Crippen LogP) is 3.40. The maximum Gasteiger partial charge on any atom is 0.260 e. The van der Waals surface area contributed by atoms with E-state index in [-0.39, 0.29) is 30.8 Å². The molecule has 0 radical (unpaired) electrons. The number of anilines is 1. The molecule has 3 rings (SSSR count). The molecule has 0 bridgehead atoms. The van der Waals surface area contributed by atoms with E-state index in [9.17, 15) is 14.0 Å². The van der Waals surface area contributed by atoms with Crippen LogP contribution in [0.4, 0.5) is 10.1 Å². The van der Waals surface area contributed by atoms with E-state index >= 15 is 0 Å². The van der Waals surface area contributed by atoms with Crippen molar-refractivity contribution in [3.8, 4) is 5.75 Å². The number of amides is 2. The zero-order valence-corrected chi connectivity index (χ0v) is 17.9. The van der Waals surface area contributed by atoms with Crippen molar-refractivity contribution in [3.05, 3.63) is 57.8 Å². The van der Waals surface area contributed by atoms with E-state index in [0.717, 1.165) is 4.47 Å². The Morgan fingerprint density at radius 3 is 2.45 bits per heavy atom. The minimum Gasteiger partial charge on any atom is -0.482 e. The van der Waals surface area contributed by atoms with Crippen LogP contribution in [0.1, 0.15) is 0 Å². The van der Waals surface area contributed by atoms with Crippen molar-refractivity contribution < 1.29 is 18.7 Å². The second-order valence-corrected chi connectivity index (χ2v) is 7.90. The summed E-state index contributed by atoms with van der Waals surface area (Å²) in [4.78, 5) is 28.2. The molecule has 0 spiro atoms. The first-order valence-electron chi connectivity index (χ1n) is 9.04. The van der Waals surface area contributed by atoms with Crippen molar-refractivity contribution in [2.45, 2.75) is 0 Å². The molecule has 1 aliphatic heterocycles. The average Bonchev–Trinajstić information content (AvgIpc) is 2.69. The first-order chi connectivity index (χ1) is 13.9. The van der Waals surface area contributed by atoms with Crippen molar-refractivity contribution in [2.75, 3.05) is 44.6 Å². The lowest BCUT2D eigenvalue weighted by Gasteiger charge is -2.34. The standard InChI is InChI=1S/C20H20BrClFN3O3/c21-14-1-6-18(17(22)11-14)29-13-20(28)26-9-7-25(8-10-26)12-19(27)24-16-4-2-15(23)3-5-16/h1-6,11H,7-10,12-13H2,(H,24,27). The number of ether oxygens (including phenoxy) is 1. The Kier molecular flexibility index (Phi) is 7.46. The van der Waals surface area contributed by atoms with E-state index in [2.05, 4.69) is 21.2 Å². The monoisotopic (exact) mass is 483 g/mol. The number of rotatable bonds is 6. The minimum absolute atomic E-state index is 0.0909. The maximum absolute atomic E-state index is 12.9. The summed E-state index contributed by atoms with van der Waals surface area (Å²) in [6, 6.07) is 10.8. The number of piperazine rings is 1. The number of hydrogen-bond acceptors (Lipinski definition) is 4. The van der Waals surface area contributed by atoms with Crippen LogP contribution >= 0.6 is 27.5 Å². The topological polar surface area (TPSA) is 61.9 Å². The number of nitrogens with one attached hydrogen (secondary N) is 1. The summed E-state index contributed by atoms with van der Waals surface area (Å²) in [5.74, 6) is -0.196. The van der Waals surface area contributed by atoms with E-state index in [0.29, 0.717) is 42.6 Å². The molecule has 1 heterocycles. The fourth-order valence-corrected chi connectivity index (χ4v) is 3.64. The summed E-state index contributed by atoms with van der Waals surface area (Å²) < 4.78 is 19.3. The molecule has 1 saturated heterocycles. The molecule has 0 aliphatic carbocycles. The lowest BCUT2D eigenvalue weighted by Crippen LogP contribution is -2.51. The van der Waals surface area contributed by atoms with Gasteiger partial charge < -0.3 is 15.0 Å². The van der Waals surface area contributed by atoms with Crippen molar-refractivity contribution in [3.63, 3.8) is 0 Å². The van der Waals surface area contributed by atoms with Crippen LogP contribution in [-0.2, 0) is 9.59 Å². The average molecular weight is 485 g/mol. The Labute approximate surface area is 181 Å². The van der Waals surface area contributed by atoms with Crippen molar-refractivity contribution in [1.82, 2.24) is 9.80 Å². The van der Waals surface area contributed by atoms with Crippen LogP contribution in [0.2, 0.25) is 5.02 Å². The number of hydrogen-bond donors (Lipinski definition) is 1. The van der Waals surface area contributed by atoms with Crippen LogP contribution in [-0.4, -0.2) is 60.9 Å². The van der Waals surface area contributed by atoms with E-state index in [4.69, 9.17) is 16.3 Å². The second-order valence-electron chi connectivity index (χ2n) is 6.58. The Hall–Kier alpha value is -2.16. The highest BCUT2D eigenvalue weighted by molar-refractivity contribution is 9.10. The van der Waals surface area contributed by atoms with Gasteiger partial charge in [0.05, 0.1) is 11.6 Å². The summed E-state index contributed by atoms with van der Waals surface area (Å²) >= 11 is 9.41. The highest BCUT2D eigenvalue weighted by atomic mass is 79.9. The molecule has 0 aromatic heterocycles. The van der Waals surface area contributed by atoms with Gasteiger partial charge in [0, 0.05) is 36.3 Å². The lowest BCUT2D eigenvalue weighted by molar-refractivity contribution is -0.135. The minimum atomic E-state index is -0.352. The van der Waals surface area contributed by atoms with Gasteiger partial charge in [-0.3, -0.25) is 14.5 Å². The van der Waals surface area contributed by atoms with E-state index in [1.54, 1.807) is 23.1 Å². The van der Waals surface area contributed by atoms with Crippen molar-refractivity contribution in [1.29, 1.82) is 0 Å². The van der Waals surface area contributed by atoms with Gasteiger partial charge in [-0.15, -0.1) is 0 Å². The van der Waals surface area contributed by atoms with E-state index < -0.39 is 0 Å². The molecule has 154 valence electrons. The van der Waals surface area contributed by atoms with Gasteiger partial charge in [-0.2, -0.15) is 0 Å². The van der Waals surface area contributed by atoms with Crippen LogP contribution in [0, 0.1) is 5.82 Å². The van der Waals surface area contributed by atoms with Gasteiger partial charge in [0.15, 0.2) is 6.61 Å². The number of halogens is 3. The summed E-state index contributed by atoms with van der Waals surface area (Å²) in [5, 5.41) is 3.17. The summed E-state index contributed by atoms with van der Waals surface area (Å²) in [7, 11) is 0. The molecule has 0 atom stereocenters. The predicted molar refractivity (Wildman–Crippen MR) is 113 cm³/mol. The molecule has 1 N–H and O–H groups in total. The van der Waals surface area contributed by atoms with Crippen LogP contribution in [0.5, 0.6) is 5.75 Å². The molecule has 2 aromatic carbocycles. The fourth-order valence-electron chi connectivity index (χ4n) is 2.92. The Morgan fingerprint density at radius 2 is 1.79 bits per heavy atom. The molecular formula is C20H20BrClFN3O3. The van der Waals surface area contributed by atoms with Crippen LogP contribution < -0.4 is 10.1 Å². The molecule has 29 heavy (non-hydrogen) atoms. The third kappa shape index (κ3) is 6.42. The van der Waals surface area contributed by atoms with Crippen LogP contribution in [0.15, 0.2) is 46.9 Å². The van der Waals surface area contributed by atoms with Gasteiger partial charge in [-0.1, -0.05) is 27.5 Å². The van der Waals surface area contributed by atoms with Gasteiger partial charge in [0.25, 0.3) is 5.91 Å². The molecule has 1 fully saturated rings. The van der Waals surface area contributed by atoms with Crippen molar-refractivity contribution >= 4 is 45.0 Å². The molecule has 1 aliphatic rings. The summed E-state index contributed by atoms with van der Waals surface area (Å²) in [5.41, 5.74) is 0.550. The van der Waals surface area contributed by atoms with Crippen LogP contribution in [0.3, 0.4) is 0 Å². The molecule has 9 heteroatoms. The Morgan fingerprint density at radius 1 is 1.10 bits per heavy atom. The number of benzene rings is 2. The zero-order valence-electron chi connectivity index (χ0n) is 15.5. The fraction of sp³-hybridized carbons (Fsp3) is 0.300. The molecular weight excluding hydrogens is 465 g/mol. The summed E-state index contributed by atoms with van der Waals surface area (Å²) in [6.45, 7) is 2.32. The first kappa shape index (κ1) is 21.5. The smallest absolute Gasteiger partial charge is 0.260 e. The maximum atomic E-state index is 12.9. The summed E-state index contributed by atoms with van der Waals surface area (Å²) in [6.07, 6.45) is 0. The zero-order chi connectivity index (χ0) is 20.8. The number of carbonyl (C=O) groups excluding carboxylic acids is 2. The highest BCUT2D eigenvalue weighted by Crippen LogP contribution is 2.27. The molecule has 2 aromatic rings. The lowest BCUT2D eigenvalue weighted by atomic mass is 10.3. The Bertz CT molecular complexity index is 874. The van der Waals surface area contributed by atoms with Gasteiger partial charge >= 0.3 is 0 Å². The second kappa shape index (κ2) is 10.0. The number of nitrogens with zero attached hydrogens (tertiary/aromatic N) is 2. The quantitative estimate of drug-likeness (QED) is 0.683. The first-order valence-corrected chi connectivity index (χ1v) is 10.2. The van der Waals surface area contributed by atoms with Gasteiger partial charge in [0.2, 0.25) is 5.91 Å². The normalized spacial score (nSPS) is 14.5. The third-order valence-electron chi connectivity index (χ3n) is 4.47. The third-order valence-corrected chi connectivity index (χ3v) is 5.25. The highest BCUT2D eigenvalue weighted by Gasteiger charge is 2.23. The molecule has 0 unspecified atom stereocenters. The van der Waals surface area contributed by atoms with Crippen LogP contribution in [0.25, 0.3) is 0 Å². The van der Waals surface area contributed by atoms with E-state index in [1.807, 2.05) is 4.90 Å². The van der Waals surface area contributed by atoms with E-state index in [1.165, 1.54) is 24.3 Å². The van der Waals surface area contributed by atoms with Gasteiger partial charge in [0.1, 0.15) is 11.6 Å². The van der Waals surface area contributed by atoms with Gasteiger partial charge in [-0.05, 0) is 42.5 Å². The molecule has 0 saturated carbocycles. The SMILES string of the molecule is O=C(CN1CCN(C(=O)COc2ccc(Br)cc2Cl)CC1)Nc1ccc(F)cc1. The molecule has 6 nitrogen and oxygen atoms in total. The van der Waals surface area contributed by atoms with Gasteiger partial charge in [-0.25, -0.2) is 4.39 Å². The van der Waals surface area contributed by atoms with Crippen molar-refractivity contribution in [2.24, 2.45) is 0 Å². The molecule has 2 amide bonds. The number of carbonyl (C=O) groups is 2. The largest absolute Gasteiger partial charge is 0.482 e.